The van der Waals surface area contributed by atoms with Gasteiger partial charge in [-0.25, -0.2) is 0 Å². The molecule has 8 nitrogen and oxygen atoms in total. The highest BCUT2D eigenvalue weighted by Crippen LogP contribution is 2.08. The maximum Gasteiger partial charge on any atom is 0.249 e. The molecule has 2 amide bonds. The minimum Gasteiger partial charge on any atom is -0.376 e. The molecule has 0 fully saturated rings. The molecule has 0 aromatic heterocycles. The van der Waals surface area contributed by atoms with Crippen molar-refractivity contribution in [3.05, 3.63) is 25.3 Å². The van der Waals surface area contributed by atoms with E-state index in [0.717, 1.165) is 12.2 Å². The molecule has 0 saturated carbocycles. The molecule has 0 bridgehead atoms. The number of carbonyl (C=O) groups is 2. The first-order valence-corrected chi connectivity index (χ1v) is 4.88. The van der Waals surface area contributed by atoms with Crippen molar-refractivity contribution >= 4 is 11.8 Å². The monoisotopic (exact) mass is 260 g/mol. The van der Waals surface area contributed by atoms with E-state index < -0.39 is 37.7 Å². The fraction of sp³-hybridized carbons (Fsp3) is 0.400. The molecule has 102 valence electrons. The number of aliphatic hydroxyl groups is 4. The van der Waals surface area contributed by atoms with Crippen LogP contribution >= 0.6 is 0 Å². The Morgan fingerprint density at radius 2 is 1.22 bits per heavy atom. The first-order valence-electron chi connectivity index (χ1n) is 4.88. The summed E-state index contributed by atoms with van der Waals surface area (Å²) >= 11 is 0. The third-order valence-corrected chi connectivity index (χ3v) is 2.13. The Morgan fingerprint density at radius 1 is 0.944 bits per heavy atom. The maximum atomic E-state index is 11.2. The second-order valence-corrected chi connectivity index (χ2v) is 3.13. The van der Waals surface area contributed by atoms with Gasteiger partial charge in [0.05, 0.1) is 0 Å². The van der Waals surface area contributed by atoms with E-state index >= 15 is 0 Å². The quantitative estimate of drug-likeness (QED) is 0.298. The molecule has 0 saturated heterocycles. The van der Waals surface area contributed by atoms with Gasteiger partial charge >= 0.3 is 0 Å². The minimum atomic E-state index is -1.92. The second-order valence-electron chi connectivity index (χ2n) is 3.13. The maximum absolute atomic E-state index is 11.2. The van der Waals surface area contributed by atoms with Crippen molar-refractivity contribution in [3.8, 4) is 0 Å². The molecule has 18 heavy (non-hydrogen) atoms. The third-order valence-electron chi connectivity index (χ3n) is 2.13. The fourth-order valence-corrected chi connectivity index (χ4v) is 1.12. The van der Waals surface area contributed by atoms with Crippen LogP contribution in [0.25, 0.3) is 0 Å². The van der Waals surface area contributed by atoms with Crippen LogP contribution in [0.1, 0.15) is 0 Å². The van der Waals surface area contributed by atoms with Crippen molar-refractivity contribution in [1.82, 2.24) is 9.80 Å². The van der Waals surface area contributed by atoms with Crippen molar-refractivity contribution in [2.45, 2.75) is 12.5 Å². The average Bonchev–Trinajstić information content (AvgIpc) is 2.39. The lowest BCUT2D eigenvalue weighted by molar-refractivity contribution is -0.188. The molecule has 0 aromatic carbocycles. The Labute approximate surface area is 104 Å². The minimum absolute atomic E-state index is 0.455. The summed E-state index contributed by atoms with van der Waals surface area (Å²) in [5.41, 5.74) is 0. The van der Waals surface area contributed by atoms with Gasteiger partial charge < -0.3 is 20.4 Å². The molecular weight excluding hydrogens is 244 g/mol. The van der Waals surface area contributed by atoms with Crippen LogP contribution in [-0.4, -0.2) is 68.0 Å². The van der Waals surface area contributed by atoms with Crippen molar-refractivity contribution in [3.63, 3.8) is 0 Å². The fourth-order valence-electron chi connectivity index (χ4n) is 1.12. The summed E-state index contributed by atoms with van der Waals surface area (Å²) in [5, 5.41) is 37.1. The van der Waals surface area contributed by atoms with E-state index in [-0.39, 0.29) is 0 Å². The van der Waals surface area contributed by atoms with E-state index in [2.05, 4.69) is 13.2 Å². The molecular formula is C10H16N2O6. The van der Waals surface area contributed by atoms with E-state index in [1.165, 1.54) is 0 Å². The topological polar surface area (TPSA) is 122 Å². The highest BCUT2D eigenvalue weighted by Gasteiger charge is 2.32. The number of amides is 2. The van der Waals surface area contributed by atoms with Gasteiger partial charge in [0.1, 0.15) is 13.5 Å². The van der Waals surface area contributed by atoms with Gasteiger partial charge in [0.25, 0.3) is 0 Å². The van der Waals surface area contributed by atoms with Gasteiger partial charge in [-0.1, -0.05) is 13.2 Å². The lowest BCUT2D eigenvalue weighted by Gasteiger charge is -2.33. The van der Waals surface area contributed by atoms with Crippen LogP contribution in [0.3, 0.4) is 0 Å². The van der Waals surface area contributed by atoms with Crippen LogP contribution in [-0.2, 0) is 9.59 Å². The molecule has 0 aromatic rings. The van der Waals surface area contributed by atoms with Crippen LogP contribution in [0.5, 0.6) is 0 Å². The summed E-state index contributed by atoms with van der Waals surface area (Å²) in [4.78, 5) is 23.4. The summed E-state index contributed by atoms with van der Waals surface area (Å²) in [5.74, 6) is -1.71. The number of carbonyl (C=O) groups excluding carboxylic acids is 2. The molecule has 2 unspecified atom stereocenters. The number of hydrogen-bond acceptors (Lipinski definition) is 6. The molecule has 0 aliphatic heterocycles. The van der Waals surface area contributed by atoms with E-state index in [4.69, 9.17) is 10.2 Å². The predicted molar refractivity (Wildman–Crippen MR) is 60.3 cm³/mol. The second kappa shape index (κ2) is 7.56. The Morgan fingerprint density at radius 3 is 1.39 bits per heavy atom. The summed E-state index contributed by atoms with van der Waals surface area (Å²) in [6, 6.07) is 0. The van der Waals surface area contributed by atoms with Crippen LogP contribution in [0.15, 0.2) is 25.3 Å². The molecule has 0 heterocycles. The third kappa shape index (κ3) is 3.64. The van der Waals surface area contributed by atoms with Gasteiger partial charge in [-0.2, -0.15) is 0 Å². The number of aliphatic hydroxyl groups excluding tert-OH is 4. The van der Waals surface area contributed by atoms with Gasteiger partial charge in [-0.15, -0.1) is 0 Å². The molecule has 8 heteroatoms. The number of nitrogens with zero attached hydrogens (tertiary/aromatic N) is 2. The van der Waals surface area contributed by atoms with Gasteiger partial charge in [0.2, 0.25) is 11.8 Å². The molecule has 0 spiro atoms. The Balaban J connectivity index is 4.98. The van der Waals surface area contributed by atoms with Crippen LogP contribution in [0.4, 0.5) is 0 Å². The first kappa shape index (κ1) is 16.3. The summed E-state index contributed by atoms with van der Waals surface area (Å²) in [7, 11) is 0. The van der Waals surface area contributed by atoms with E-state index in [1.54, 1.807) is 0 Å². The van der Waals surface area contributed by atoms with Crippen molar-refractivity contribution in [2.24, 2.45) is 0 Å². The van der Waals surface area contributed by atoms with Crippen molar-refractivity contribution in [1.29, 1.82) is 0 Å². The number of hydrogen-bond donors (Lipinski definition) is 4. The van der Waals surface area contributed by atoms with E-state index in [0.29, 0.717) is 9.80 Å². The Hall–Kier alpha value is -1.74. The van der Waals surface area contributed by atoms with E-state index in [9.17, 15) is 19.8 Å². The van der Waals surface area contributed by atoms with Crippen LogP contribution < -0.4 is 0 Å². The highest BCUT2D eigenvalue weighted by atomic mass is 16.4. The number of rotatable bonds is 7. The Kier molecular flexibility index (Phi) is 6.83. The molecule has 2 atom stereocenters. The van der Waals surface area contributed by atoms with Gasteiger partial charge in [0.15, 0.2) is 12.5 Å². The van der Waals surface area contributed by atoms with Crippen LogP contribution in [0.2, 0.25) is 0 Å². The molecule has 0 aliphatic carbocycles. The normalized spacial score (nSPS) is 13.3. The zero-order valence-corrected chi connectivity index (χ0v) is 9.64. The standard InChI is InChI=1S/C10H16N2O6/c1-3-7(15)11(5-13)9(17)10(18)12(6-14)8(16)4-2/h3-4,9-10,13-14,17-18H,1-2,5-6H2. The molecule has 0 radical (unpaired) electrons. The summed E-state index contributed by atoms with van der Waals surface area (Å²) < 4.78 is 0. The van der Waals surface area contributed by atoms with Crippen molar-refractivity contribution in [2.75, 3.05) is 13.5 Å². The average molecular weight is 260 g/mol. The molecule has 4 N–H and O–H groups in total. The Bertz CT molecular complexity index is 300. The van der Waals surface area contributed by atoms with Crippen LogP contribution in [0, 0.1) is 0 Å². The van der Waals surface area contributed by atoms with Crippen molar-refractivity contribution < 1.29 is 30.0 Å². The van der Waals surface area contributed by atoms with Gasteiger partial charge in [-0.05, 0) is 12.2 Å². The lowest BCUT2D eigenvalue weighted by Crippen LogP contribution is -2.55. The SMILES string of the molecule is C=CC(=O)N(CO)C(O)C(O)N(CO)C(=O)C=C. The highest BCUT2D eigenvalue weighted by molar-refractivity contribution is 5.88. The van der Waals surface area contributed by atoms with Gasteiger partial charge in [0, 0.05) is 0 Å². The lowest BCUT2D eigenvalue weighted by atomic mass is 10.3. The molecule has 0 aliphatic rings. The van der Waals surface area contributed by atoms with E-state index in [1.807, 2.05) is 0 Å². The smallest absolute Gasteiger partial charge is 0.249 e. The zero-order chi connectivity index (χ0) is 14.3. The predicted octanol–water partition coefficient (Wildman–Crippen LogP) is -2.45. The summed E-state index contributed by atoms with van der Waals surface area (Å²) in [6.07, 6.45) is -2.22. The zero-order valence-electron chi connectivity index (χ0n) is 9.64. The van der Waals surface area contributed by atoms with Gasteiger partial charge in [-0.3, -0.25) is 19.4 Å². The largest absolute Gasteiger partial charge is 0.376 e. The first-order chi connectivity index (χ1) is 8.44. The molecule has 0 rings (SSSR count). The summed E-state index contributed by atoms with van der Waals surface area (Å²) in [6.45, 7) is 4.50.